The highest BCUT2D eigenvalue weighted by atomic mass is 16.3. The van der Waals surface area contributed by atoms with Crippen LogP contribution in [0.4, 0.5) is 0 Å². The second-order valence-electron chi connectivity index (χ2n) is 4.80. The van der Waals surface area contributed by atoms with E-state index in [1.165, 1.54) is 12.1 Å². The molecule has 1 heterocycles. The molecule has 0 atom stereocenters. The topological polar surface area (TPSA) is 62.2 Å². The normalized spacial score (nSPS) is 15.8. The SMILES string of the molecule is O=C(NC1(c2ccccn2)CC1)c1ccc(O)cc1. The number of rotatable bonds is 3. The molecule has 19 heavy (non-hydrogen) atoms. The Kier molecular flexibility index (Phi) is 2.71. The number of nitrogens with zero attached hydrogens (tertiary/aromatic N) is 1. The van der Waals surface area contributed by atoms with E-state index in [1.807, 2.05) is 18.2 Å². The molecule has 1 aromatic carbocycles. The summed E-state index contributed by atoms with van der Waals surface area (Å²) in [6.07, 6.45) is 3.56. The fourth-order valence-electron chi connectivity index (χ4n) is 2.12. The lowest BCUT2D eigenvalue weighted by molar-refractivity contribution is 0.0930. The van der Waals surface area contributed by atoms with Gasteiger partial charge in [-0.1, -0.05) is 6.07 Å². The number of benzene rings is 1. The van der Waals surface area contributed by atoms with Crippen LogP contribution in [0.5, 0.6) is 5.75 Å². The predicted molar refractivity (Wildman–Crippen MR) is 70.7 cm³/mol. The van der Waals surface area contributed by atoms with E-state index in [1.54, 1.807) is 18.3 Å². The number of pyridine rings is 1. The molecular weight excluding hydrogens is 240 g/mol. The van der Waals surface area contributed by atoms with E-state index in [0.29, 0.717) is 5.56 Å². The highest BCUT2D eigenvalue weighted by Gasteiger charge is 2.46. The molecule has 1 aliphatic carbocycles. The van der Waals surface area contributed by atoms with E-state index >= 15 is 0 Å². The number of nitrogens with one attached hydrogen (secondary N) is 1. The van der Waals surface area contributed by atoms with Crippen LogP contribution in [0.3, 0.4) is 0 Å². The monoisotopic (exact) mass is 254 g/mol. The average Bonchev–Trinajstić information content (AvgIpc) is 3.21. The van der Waals surface area contributed by atoms with Gasteiger partial charge in [0, 0.05) is 11.8 Å². The van der Waals surface area contributed by atoms with Crippen molar-refractivity contribution in [2.45, 2.75) is 18.4 Å². The summed E-state index contributed by atoms with van der Waals surface area (Å²) >= 11 is 0. The van der Waals surface area contributed by atoms with Crippen LogP contribution in [0.25, 0.3) is 0 Å². The molecule has 1 fully saturated rings. The highest BCUT2D eigenvalue weighted by molar-refractivity contribution is 5.95. The number of carbonyl (C=O) groups is 1. The van der Waals surface area contributed by atoms with Crippen molar-refractivity contribution < 1.29 is 9.90 Å². The van der Waals surface area contributed by atoms with Crippen molar-refractivity contribution in [2.24, 2.45) is 0 Å². The van der Waals surface area contributed by atoms with Crippen LogP contribution in [0, 0.1) is 0 Å². The number of carbonyl (C=O) groups excluding carboxylic acids is 1. The van der Waals surface area contributed by atoms with Gasteiger partial charge in [0.25, 0.3) is 5.91 Å². The number of hydrogen-bond acceptors (Lipinski definition) is 3. The van der Waals surface area contributed by atoms with Gasteiger partial charge in [-0.3, -0.25) is 9.78 Å². The maximum absolute atomic E-state index is 12.2. The summed E-state index contributed by atoms with van der Waals surface area (Å²) in [5.41, 5.74) is 1.14. The lowest BCUT2D eigenvalue weighted by Crippen LogP contribution is -2.35. The second kappa shape index (κ2) is 4.39. The van der Waals surface area contributed by atoms with Gasteiger partial charge in [-0.05, 0) is 49.2 Å². The minimum atomic E-state index is -0.309. The number of aromatic hydroxyl groups is 1. The van der Waals surface area contributed by atoms with E-state index < -0.39 is 0 Å². The Morgan fingerprint density at radius 3 is 2.47 bits per heavy atom. The van der Waals surface area contributed by atoms with Gasteiger partial charge in [-0.15, -0.1) is 0 Å². The van der Waals surface area contributed by atoms with Gasteiger partial charge >= 0.3 is 0 Å². The molecule has 2 aromatic rings. The minimum absolute atomic E-state index is 0.136. The molecule has 0 saturated heterocycles. The molecule has 0 radical (unpaired) electrons. The van der Waals surface area contributed by atoms with E-state index in [2.05, 4.69) is 10.3 Å². The molecular formula is C15H14N2O2. The van der Waals surface area contributed by atoms with Crippen LogP contribution < -0.4 is 5.32 Å². The van der Waals surface area contributed by atoms with Crippen molar-refractivity contribution in [3.63, 3.8) is 0 Å². The molecule has 1 aromatic heterocycles. The standard InChI is InChI=1S/C15H14N2O2/c18-12-6-4-11(5-7-12)14(19)17-15(8-9-15)13-3-1-2-10-16-13/h1-7,10,18H,8-9H2,(H,17,19). The molecule has 4 nitrogen and oxygen atoms in total. The maximum Gasteiger partial charge on any atom is 0.252 e. The first-order valence-corrected chi connectivity index (χ1v) is 6.23. The van der Waals surface area contributed by atoms with Gasteiger partial charge < -0.3 is 10.4 Å². The second-order valence-corrected chi connectivity index (χ2v) is 4.80. The molecule has 1 amide bonds. The molecule has 3 rings (SSSR count). The summed E-state index contributed by atoms with van der Waals surface area (Å²) in [7, 11) is 0. The number of hydrogen-bond donors (Lipinski definition) is 2. The zero-order valence-corrected chi connectivity index (χ0v) is 10.3. The van der Waals surface area contributed by atoms with Crippen LogP contribution in [0.2, 0.25) is 0 Å². The van der Waals surface area contributed by atoms with Crippen LogP contribution >= 0.6 is 0 Å². The third-order valence-electron chi connectivity index (χ3n) is 3.39. The summed E-state index contributed by atoms with van der Waals surface area (Å²) < 4.78 is 0. The maximum atomic E-state index is 12.2. The molecule has 2 N–H and O–H groups in total. The zero-order chi connectivity index (χ0) is 13.3. The molecule has 96 valence electrons. The Morgan fingerprint density at radius 2 is 1.89 bits per heavy atom. The number of phenols is 1. The van der Waals surface area contributed by atoms with Gasteiger partial charge in [0.05, 0.1) is 11.2 Å². The predicted octanol–water partition coefficient (Wildman–Crippen LogP) is 2.21. The van der Waals surface area contributed by atoms with E-state index in [9.17, 15) is 9.90 Å². The van der Waals surface area contributed by atoms with Gasteiger partial charge in [0.1, 0.15) is 5.75 Å². The van der Waals surface area contributed by atoms with Crippen LogP contribution in [0.15, 0.2) is 48.7 Å². The Bertz CT molecular complexity index is 589. The van der Waals surface area contributed by atoms with Gasteiger partial charge in [-0.25, -0.2) is 0 Å². The Balaban J connectivity index is 1.78. The average molecular weight is 254 g/mol. The van der Waals surface area contributed by atoms with E-state index in [-0.39, 0.29) is 17.2 Å². The summed E-state index contributed by atoms with van der Waals surface area (Å²) in [6.45, 7) is 0. The van der Waals surface area contributed by atoms with Crippen molar-refractivity contribution in [3.05, 3.63) is 59.9 Å². The molecule has 0 bridgehead atoms. The third kappa shape index (κ3) is 2.29. The molecule has 1 aliphatic rings. The smallest absolute Gasteiger partial charge is 0.252 e. The highest BCUT2D eigenvalue weighted by Crippen LogP contribution is 2.44. The lowest BCUT2D eigenvalue weighted by atomic mass is 10.1. The summed E-state index contributed by atoms with van der Waals surface area (Å²) in [4.78, 5) is 16.5. The van der Waals surface area contributed by atoms with Crippen LogP contribution in [-0.4, -0.2) is 16.0 Å². The molecule has 1 saturated carbocycles. The zero-order valence-electron chi connectivity index (χ0n) is 10.3. The van der Waals surface area contributed by atoms with Crippen LogP contribution in [0.1, 0.15) is 28.9 Å². The molecule has 0 unspecified atom stereocenters. The Labute approximate surface area is 111 Å². The minimum Gasteiger partial charge on any atom is -0.508 e. The fraction of sp³-hybridized carbons (Fsp3) is 0.200. The first-order chi connectivity index (χ1) is 9.20. The summed E-state index contributed by atoms with van der Waals surface area (Å²) in [5.74, 6) is 0.0190. The molecule has 4 heteroatoms. The van der Waals surface area contributed by atoms with Gasteiger partial charge in [0.15, 0.2) is 0 Å². The van der Waals surface area contributed by atoms with Crippen molar-refractivity contribution in [1.82, 2.24) is 10.3 Å². The Hall–Kier alpha value is -2.36. The number of aromatic nitrogens is 1. The van der Waals surface area contributed by atoms with Crippen molar-refractivity contribution in [2.75, 3.05) is 0 Å². The largest absolute Gasteiger partial charge is 0.508 e. The van der Waals surface area contributed by atoms with Gasteiger partial charge in [0.2, 0.25) is 0 Å². The van der Waals surface area contributed by atoms with Crippen molar-refractivity contribution in [3.8, 4) is 5.75 Å². The first-order valence-electron chi connectivity index (χ1n) is 6.23. The number of phenolic OH excluding ortho intramolecular Hbond substituents is 1. The lowest BCUT2D eigenvalue weighted by Gasteiger charge is -2.16. The summed E-state index contributed by atoms with van der Waals surface area (Å²) in [6, 6.07) is 12.0. The quantitative estimate of drug-likeness (QED) is 0.882. The molecule has 0 aliphatic heterocycles. The van der Waals surface area contributed by atoms with Crippen molar-refractivity contribution in [1.29, 1.82) is 0 Å². The number of amides is 1. The van der Waals surface area contributed by atoms with Gasteiger partial charge in [-0.2, -0.15) is 0 Å². The Morgan fingerprint density at radius 1 is 1.16 bits per heavy atom. The third-order valence-corrected chi connectivity index (χ3v) is 3.39. The first kappa shape index (κ1) is 11.7. The fourth-order valence-corrected chi connectivity index (χ4v) is 2.12. The van der Waals surface area contributed by atoms with E-state index in [0.717, 1.165) is 18.5 Å². The van der Waals surface area contributed by atoms with E-state index in [4.69, 9.17) is 0 Å². The summed E-state index contributed by atoms with van der Waals surface area (Å²) in [5, 5.41) is 12.3. The van der Waals surface area contributed by atoms with Crippen molar-refractivity contribution >= 4 is 5.91 Å². The van der Waals surface area contributed by atoms with Crippen LogP contribution in [-0.2, 0) is 5.54 Å². The molecule has 0 spiro atoms.